The van der Waals surface area contributed by atoms with Crippen LogP contribution in [0.25, 0.3) is 16.5 Å². The van der Waals surface area contributed by atoms with Gasteiger partial charge in [-0.1, -0.05) is 37.1 Å². The number of amides is 4. The van der Waals surface area contributed by atoms with E-state index in [1.807, 2.05) is 12.1 Å². The molecule has 5 N–H and O–H groups in total. The number of fused-ring (bicyclic) bond motifs is 2. The van der Waals surface area contributed by atoms with Gasteiger partial charge in [0.15, 0.2) is 0 Å². The van der Waals surface area contributed by atoms with Crippen LogP contribution in [-0.2, 0) is 14.4 Å². The molecule has 2 aromatic carbocycles. The molecule has 2 heterocycles. The normalized spacial score (nSPS) is 16.0. The van der Waals surface area contributed by atoms with Gasteiger partial charge in [-0.15, -0.1) is 0 Å². The molecule has 10 nitrogen and oxygen atoms in total. The Hall–Kier alpha value is -4.47. The van der Waals surface area contributed by atoms with E-state index in [4.69, 9.17) is 10.5 Å². The lowest BCUT2D eigenvalue weighted by Gasteiger charge is -2.22. The van der Waals surface area contributed by atoms with E-state index in [0.29, 0.717) is 34.2 Å². The highest BCUT2D eigenvalue weighted by atomic mass is 16.5. The number of H-pyrrole nitrogens is 1. The number of ether oxygens (including phenoxy) is 1. The predicted molar refractivity (Wildman–Crippen MR) is 135 cm³/mol. The molecule has 1 aromatic heterocycles. The number of hydrogen-bond acceptors (Lipinski definition) is 5. The van der Waals surface area contributed by atoms with E-state index in [1.54, 1.807) is 43.5 Å². The second-order valence-electron chi connectivity index (χ2n) is 9.39. The summed E-state index contributed by atoms with van der Waals surface area (Å²) in [6.45, 7) is 0. The van der Waals surface area contributed by atoms with Gasteiger partial charge in [-0.05, 0) is 36.6 Å². The largest absolute Gasteiger partial charge is 0.496 e. The molecule has 4 amide bonds. The van der Waals surface area contributed by atoms with Crippen LogP contribution >= 0.6 is 0 Å². The maximum absolute atomic E-state index is 13.3. The van der Waals surface area contributed by atoms with Gasteiger partial charge in [-0.2, -0.15) is 0 Å². The molecule has 190 valence electrons. The van der Waals surface area contributed by atoms with Gasteiger partial charge < -0.3 is 26.1 Å². The van der Waals surface area contributed by atoms with E-state index in [1.165, 1.54) is 0 Å². The molecule has 0 radical (unpaired) electrons. The van der Waals surface area contributed by atoms with Crippen molar-refractivity contribution in [3.8, 4) is 5.75 Å². The standard InChI is InChI=1S/C27H27N5O5/c1-37-23-8-4-7-19-17(23)13-22(29-19)27(36)32-21(11-14-9-10-14)26(35)31-20(24(28)33)12-16-15-5-2-3-6-18(15)30-25(16)34/h2-8,13-14,20-21,29H,9-12H2,1H3,(H2,28,33)(H,31,35)(H,32,36)/t20-,21?/m0/s1. The minimum Gasteiger partial charge on any atom is -0.496 e. The zero-order valence-electron chi connectivity index (χ0n) is 20.2. The van der Waals surface area contributed by atoms with Crippen LogP contribution in [0.2, 0.25) is 0 Å². The topological polar surface area (TPSA) is 156 Å². The smallest absolute Gasteiger partial charge is 0.274 e. The Labute approximate surface area is 212 Å². The first-order valence-electron chi connectivity index (χ1n) is 12.1. The first kappa shape index (κ1) is 24.2. The van der Waals surface area contributed by atoms with Crippen molar-refractivity contribution in [2.75, 3.05) is 7.11 Å². The molecule has 0 saturated heterocycles. The Morgan fingerprint density at radius 1 is 1.11 bits per heavy atom. The first-order valence-corrected chi connectivity index (χ1v) is 12.1. The summed E-state index contributed by atoms with van der Waals surface area (Å²) in [7, 11) is 1.55. The van der Waals surface area contributed by atoms with E-state index >= 15 is 0 Å². The van der Waals surface area contributed by atoms with Gasteiger partial charge in [0.2, 0.25) is 11.8 Å². The molecule has 2 atom stereocenters. The summed E-state index contributed by atoms with van der Waals surface area (Å²) in [4.78, 5) is 58.1. The average Bonchev–Trinajstić information content (AvgIpc) is 3.49. The Balaban J connectivity index is 1.34. The van der Waals surface area contributed by atoms with E-state index < -0.39 is 35.7 Å². The zero-order chi connectivity index (χ0) is 26.1. The molecule has 0 spiro atoms. The minimum absolute atomic E-state index is 0.0909. The number of benzene rings is 2. The highest BCUT2D eigenvalue weighted by Crippen LogP contribution is 2.34. The lowest BCUT2D eigenvalue weighted by Crippen LogP contribution is -2.53. The van der Waals surface area contributed by atoms with Crippen LogP contribution in [0.3, 0.4) is 0 Å². The predicted octanol–water partition coefficient (Wildman–Crippen LogP) is 0.446. The van der Waals surface area contributed by atoms with Crippen molar-refractivity contribution >= 4 is 40.1 Å². The highest BCUT2D eigenvalue weighted by Gasteiger charge is 2.33. The summed E-state index contributed by atoms with van der Waals surface area (Å²) in [6.07, 6.45) is 2.27. The van der Waals surface area contributed by atoms with Crippen molar-refractivity contribution in [3.05, 3.63) is 64.8 Å². The second kappa shape index (κ2) is 9.88. The van der Waals surface area contributed by atoms with Crippen molar-refractivity contribution in [2.24, 2.45) is 16.6 Å². The number of para-hydroxylation sites is 1. The molecule has 1 fully saturated rings. The third kappa shape index (κ3) is 5.09. The molecular weight excluding hydrogens is 474 g/mol. The Morgan fingerprint density at radius 3 is 2.62 bits per heavy atom. The van der Waals surface area contributed by atoms with E-state index in [-0.39, 0.29) is 12.1 Å². The molecule has 1 aliphatic heterocycles. The first-order chi connectivity index (χ1) is 17.8. The van der Waals surface area contributed by atoms with Crippen LogP contribution in [0.4, 0.5) is 0 Å². The number of carbonyl (C=O) groups excluding carboxylic acids is 4. The van der Waals surface area contributed by atoms with E-state index in [9.17, 15) is 19.2 Å². The quantitative estimate of drug-likeness (QED) is 0.317. The number of rotatable bonds is 10. The van der Waals surface area contributed by atoms with Crippen molar-refractivity contribution in [1.82, 2.24) is 15.6 Å². The molecule has 1 saturated carbocycles. The van der Waals surface area contributed by atoms with Gasteiger partial charge in [0, 0.05) is 28.1 Å². The van der Waals surface area contributed by atoms with Crippen molar-refractivity contribution in [1.29, 1.82) is 0 Å². The highest BCUT2D eigenvalue weighted by molar-refractivity contribution is 6.16. The Bertz CT molecular complexity index is 1540. The number of primary amides is 1. The van der Waals surface area contributed by atoms with Crippen LogP contribution in [0.1, 0.15) is 36.2 Å². The van der Waals surface area contributed by atoms with Gasteiger partial charge in [0.1, 0.15) is 23.5 Å². The zero-order valence-corrected chi connectivity index (χ0v) is 20.2. The molecule has 1 unspecified atom stereocenters. The second-order valence-corrected chi connectivity index (χ2v) is 9.39. The van der Waals surface area contributed by atoms with Crippen LogP contribution in [0.15, 0.2) is 53.5 Å². The van der Waals surface area contributed by atoms with Crippen molar-refractivity contribution in [3.63, 3.8) is 0 Å². The van der Waals surface area contributed by atoms with Crippen molar-refractivity contribution in [2.45, 2.75) is 37.8 Å². The fourth-order valence-corrected chi connectivity index (χ4v) is 4.60. The fourth-order valence-electron chi connectivity index (χ4n) is 4.60. The molecule has 37 heavy (non-hydrogen) atoms. The van der Waals surface area contributed by atoms with Gasteiger partial charge >= 0.3 is 0 Å². The van der Waals surface area contributed by atoms with Gasteiger partial charge in [-0.25, -0.2) is 4.99 Å². The van der Waals surface area contributed by atoms with Gasteiger partial charge in [0.25, 0.3) is 11.8 Å². The number of hydrogen-bond donors (Lipinski definition) is 4. The molecule has 0 bridgehead atoms. The number of nitrogens with two attached hydrogens (primary N) is 1. The van der Waals surface area contributed by atoms with Gasteiger partial charge in [-0.3, -0.25) is 19.2 Å². The summed E-state index contributed by atoms with van der Waals surface area (Å²) in [6, 6.07) is 12.1. The fraction of sp³-hybridized carbons (Fsp3) is 0.296. The number of aromatic nitrogens is 1. The number of nitrogens with zero attached hydrogens (tertiary/aromatic N) is 1. The number of nitrogens with one attached hydrogen (secondary N) is 3. The molecular formula is C27H27N5O5. The SMILES string of the molecule is COc1cccc2[nH]c(C(=O)NC(CC3CC3)C(=O)N[C@@H](CC3=c4ccccc4=NC3=O)C(N)=O)cc12. The monoisotopic (exact) mass is 501 g/mol. The van der Waals surface area contributed by atoms with Crippen LogP contribution in [0, 0.1) is 5.92 Å². The van der Waals surface area contributed by atoms with E-state index in [2.05, 4.69) is 20.6 Å². The molecule has 10 heteroatoms. The maximum Gasteiger partial charge on any atom is 0.274 e. The summed E-state index contributed by atoms with van der Waals surface area (Å²) < 4.78 is 5.36. The van der Waals surface area contributed by atoms with E-state index in [0.717, 1.165) is 23.7 Å². The lowest BCUT2D eigenvalue weighted by atomic mass is 10.0. The lowest BCUT2D eigenvalue weighted by molar-refractivity contribution is -0.128. The number of carbonyl (C=O) groups is 4. The Kier molecular flexibility index (Phi) is 6.47. The molecule has 2 aliphatic rings. The Morgan fingerprint density at radius 2 is 1.89 bits per heavy atom. The molecule has 3 aromatic rings. The molecule has 5 rings (SSSR count). The van der Waals surface area contributed by atoms with Crippen LogP contribution in [-0.4, -0.2) is 47.8 Å². The van der Waals surface area contributed by atoms with Crippen LogP contribution in [0.5, 0.6) is 5.75 Å². The number of aromatic amines is 1. The summed E-state index contributed by atoms with van der Waals surface area (Å²) in [5, 5.41) is 7.34. The summed E-state index contributed by atoms with van der Waals surface area (Å²) >= 11 is 0. The van der Waals surface area contributed by atoms with Crippen LogP contribution < -0.4 is 31.7 Å². The number of methoxy groups -OCH3 is 1. The average molecular weight is 502 g/mol. The molecule has 1 aliphatic carbocycles. The maximum atomic E-state index is 13.3. The third-order valence-corrected chi connectivity index (χ3v) is 6.75. The summed E-state index contributed by atoms with van der Waals surface area (Å²) in [5.41, 5.74) is 6.92. The third-order valence-electron chi connectivity index (χ3n) is 6.75. The van der Waals surface area contributed by atoms with Crippen molar-refractivity contribution < 1.29 is 23.9 Å². The summed E-state index contributed by atoms with van der Waals surface area (Å²) in [5.74, 6) is -1.30. The minimum atomic E-state index is -1.14. The van der Waals surface area contributed by atoms with Gasteiger partial charge in [0.05, 0.1) is 12.5 Å².